The van der Waals surface area contributed by atoms with Crippen LogP contribution in [0.2, 0.25) is 5.02 Å². The number of benzene rings is 3. The number of sulfonamides is 1. The number of carbonyl (C=O) groups is 1. The average Bonchev–Trinajstić information content (AvgIpc) is 2.73. The number of hydrogen-bond donors (Lipinski definition) is 2. The summed E-state index contributed by atoms with van der Waals surface area (Å²) < 4.78 is 25.5. The molecule has 0 aliphatic heterocycles. The molecule has 0 radical (unpaired) electrons. The van der Waals surface area contributed by atoms with E-state index in [1.165, 1.54) is 12.1 Å². The Morgan fingerprint density at radius 3 is 2.30 bits per heavy atom. The fourth-order valence-corrected chi connectivity index (χ4v) is 3.73. The van der Waals surface area contributed by atoms with Crippen molar-refractivity contribution < 1.29 is 13.2 Å². The largest absolute Gasteiger partial charge is 0.322 e. The molecule has 6 nitrogen and oxygen atoms in total. The van der Waals surface area contributed by atoms with Crippen molar-refractivity contribution in [2.24, 2.45) is 5.10 Å². The molecular formula is C21H17BrClN3O3S. The molecule has 3 aromatic carbocycles. The van der Waals surface area contributed by atoms with Crippen LogP contribution < -0.4 is 10.1 Å². The lowest BCUT2D eigenvalue weighted by molar-refractivity contribution is 0.102. The zero-order valence-electron chi connectivity index (χ0n) is 15.8. The molecule has 154 valence electrons. The van der Waals surface area contributed by atoms with Crippen LogP contribution >= 0.6 is 27.5 Å². The van der Waals surface area contributed by atoms with E-state index in [0.29, 0.717) is 27.5 Å². The molecular weight excluding hydrogens is 490 g/mol. The summed E-state index contributed by atoms with van der Waals surface area (Å²) in [7, 11) is -3.79. The summed E-state index contributed by atoms with van der Waals surface area (Å²) in [6, 6.07) is 19.7. The Morgan fingerprint density at radius 2 is 1.63 bits per heavy atom. The molecule has 0 aliphatic rings. The third-order valence-corrected chi connectivity index (χ3v) is 6.11. The van der Waals surface area contributed by atoms with Gasteiger partial charge >= 0.3 is 0 Å². The van der Waals surface area contributed by atoms with Gasteiger partial charge in [-0.3, -0.25) is 4.79 Å². The summed E-state index contributed by atoms with van der Waals surface area (Å²) >= 11 is 9.11. The van der Waals surface area contributed by atoms with Gasteiger partial charge in [0.15, 0.2) is 0 Å². The SMILES string of the molecule is CC(=NNS(=O)(=O)c1ccc(Br)cc1)c1cccc(NC(=O)c2ccc(Cl)cc2)c1. The Bertz CT molecular complexity index is 1190. The minimum Gasteiger partial charge on any atom is -0.322 e. The Kier molecular flexibility index (Phi) is 6.91. The van der Waals surface area contributed by atoms with Crippen LogP contribution in [0.3, 0.4) is 0 Å². The van der Waals surface area contributed by atoms with Gasteiger partial charge in [-0.1, -0.05) is 39.7 Å². The average molecular weight is 507 g/mol. The van der Waals surface area contributed by atoms with Gasteiger partial charge in [0.05, 0.1) is 10.6 Å². The van der Waals surface area contributed by atoms with Crippen molar-refractivity contribution in [1.29, 1.82) is 0 Å². The van der Waals surface area contributed by atoms with Gasteiger partial charge in [0.2, 0.25) is 0 Å². The van der Waals surface area contributed by atoms with Crippen molar-refractivity contribution in [2.45, 2.75) is 11.8 Å². The van der Waals surface area contributed by atoms with E-state index in [1.54, 1.807) is 67.6 Å². The van der Waals surface area contributed by atoms with Crippen molar-refractivity contribution >= 4 is 54.9 Å². The molecule has 30 heavy (non-hydrogen) atoms. The molecule has 0 aromatic heterocycles. The van der Waals surface area contributed by atoms with Gasteiger partial charge in [-0.25, -0.2) is 0 Å². The van der Waals surface area contributed by atoms with Crippen LogP contribution in [0, 0.1) is 0 Å². The van der Waals surface area contributed by atoms with Crippen LogP contribution in [0.15, 0.2) is 87.3 Å². The summed E-state index contributed by atoms with van der Waals surface area (Å²) in [5, 5.41) is 7.34. The third-order valence-electron chi connectivity index (χ3n) is 4.10. The van der Waals surface area contributed by atoms with Crippen molar-refractivity contribution in [3.05, 3.63) is 93.4 Å². The number of hydrazone groups is 1. The molecule has 0 atom stereocenters. The number of nitrogens with zero attached hydrogens (tertiary/aromatic N) is 1. The van der Waals surface area contributed by atoms with Crippen LogP contribution in [0.4, 0.5) is 5.69 Å². The van der Waals surface area contributed by atoms with Gasteiger partial charge in [-0.2, -0.15) is 18.4 Å². The van der Waals surface area contributed by atoms with E-state index in [1.807, 2.05) is 0 Å². The molecule has 0 spiro atoms. The minimum atomic E-state index is -3.79. The molecule has 2 N–H and O–H groups in total. The van der Waals surface area contributed by atoms with Crippen LogP contribution in [0.5, 0.6) is 0 Å². The second kappa shape index (κ2) is 9.42. The van der Waals surface area contributed by atoms with Crippen LogP contribution in [-0.2, 0) is 10.0 Å². The maximum atomic E-state index is 12.4. The number of amides is 1. The lowest BCUT2D eigenvalue weighted by Crippen LogP contribution is -2.20. The molecule has 9 heteroatoms. The Labute approximate surface area is 188 Å². The third kappa shape index (κ3) is 5.69. The second-order valence-electron chi connectivity index (χ2n) is 6.29. The van der Waals surface area contributed by atoms with Crippen LogP contribution in [0.1, 0.15) is 22.8 Å². The first-order valence-electron chi connectivity index (χ1n) is 8.73. The highest BCUT2D eigenvalue weighted by molar-refractivity contribution is 9.10. The fourth-order valence-electron chi connectivity index (χ4n) is 2.49. The summed E-state index contributed by atoms with van der Waals surface area (Å²) in [6.45, 7) is 1.67. The monoisotopic (exact) mass is 505 g/mol. The normalized spacial score (nSPS) is 11.8. The van der Waals surface area contributed by atoms with E-state index in [-0.39, 0.29) is 10.8 Å². The molecule has 3 aromatic rings. The molecule has 0 saturated heterocycles. The second-order valence-corrected chi connectivity index (χ2v) is 9.30. The van der Waals surface area contributed by atoms with Crippen molar-refractivity contribution in [3.8, 4) is 0 Å². The number of anilines is 1. The molecule has 3 rings (SSSR count). The van der Waals surface area contributed by atoms with E-state index in [0.717, 1.165) is 4.47 Å². The molecule has 0 aliphatic carbocycles. The van der Waals surface area contributed by atoms with E-state index >= 15 is 0 Å². The van der Waals surface area contributed by atoms with Gasteiger partial charge in [-0.05, 0) is 73.2 Å². The highest BCUT2D eigenvalue weighted by Crippen LogP contribution is 2.16. The van der Waals surface area contributed by atoms with E-state index in [2.05, 4.69) is 31.2 Å². The van der Waals surface area contributed by atoms with E-state index in [4.69, 9.17) is 11.6 Å². The maximum absolute atomic E-state index is 12.4. The Hall–Kier alpha value is -2.68. The van der Waals surface area contributed by atoms with Gasteiger partial charge in [0.25, 0.3) is 15.9 Å². The molecule has 0 saturated carbocycles. The lowest BCUT2D eigenvalue weighted by Gasteiger charge is -2.09. The first kappa shape index (κ1) is 22.0. The van der Waals surface area contributed by atoms with Crippen molar-refractivity contribution in [3.63, 3.8) is 0 Å². The predicted octanol–water partition coefficient (Wildman–Crippen LogP) is 5.06. The predicted molar refractivity (Wildman–Crippen MR) is 123 cm³/mol. The van der Waals surface area contributed by atoms with Crippen molar-refractivity contribution in [2.75, 3.05) is 5.32 Å². The quantitative estimate of drug-likeness (QED) is 0.362. The molecule has 0 unspecified atom stereocenters. The topological polar surface area (TPSA) is 87.6 Å². The molecule has 0 fully saturated rings. The molecule has 0 heterocycles. The van der Waals surface area contributed by atoms with Gasteiger partial charge in [0.1, 0.15) is 0 Å². The number of hydrogen-bond acceptors (Lipinski definition) is 4. The Balaban J connectivity index is 1.73. The fraction of sp³-hybridized carbons (Fsp3) is 0.0476. The summed E-state index contributed by atoms with van der Waals surface area (Å²) in [5.74, 6) is -0.283. The zero-order valence-corrected chi connectivity index (χ0v) is 18.9. The lowest BCUT2D eigenvalue weighted by atomic mass is 10.1. The van der Waals surface area contributed by atoms with E-state index in [9.17, 15) is 13.2 Å². The van der Waals surface area contributed by atoms with Crippen LogP contribution in [0.25, 0.3) is 0 Å². The van der Waals surface area contributed by atoms with Gasteiger partial charge in [-0.15, -0.1) is 0 Å². The van der Waals surface area contributed by atoms with Gasteiger partial charge in [0, 0.05) is 20.7 Å². The summed E-state index contributed by atoms with van der Waals surface area (Å²) in [4.78, 5) is 14.7. The standard InChI is InChI=1S/C21H17BrClN3O3S/c1-14(25-26-30(28,29)20-11-7-17(22)8-12-20)16-3-2-4-19(13-16)24-21(27)15-5-9-18(23)10-6-15/h2-13,26H,1H3,(H,24,27). The number of halogens is 2. The molecule has 1 amide bonds. The summed E-state index contributed by atoms with van der Waals surface area (Å²) in [5.41, 5.74) is 2.12. The molecule has 0 bridgehead atoms. The minimum absolute atomic E-state index is 0.103. The summed E-state index contributed by atoms with van der Waals surface area (Å²) in [6.07, 6.45) is 0. The van der Waals surface area contributed by atoms with Crippen LogP contribution in [-0.4, -0.2) is 20.0 Å². The smallest absolute Gasteiger partial charge is 0.276 e. The highest BCUT2D eigenvalue weighted by atomic mass is 79.9. The highest BCUT2D eigenvalue weighted by Gasteiger charge is 2.13. The number of nitrogens with one attached hydrogen (secondary N) is 2. The van der Waals surface area contributed by atoms with Crippen molar-refractivity contribution in [1.82, 2.24) is 4.83 Å². The number of rotatable bonds is 6. The number of carbonyl (C=O) groups excluding carboxylic acids is 1. The van der Waals surface area contributed by atoms with E-state index < -0.39 is 10.0 Å². The maximum Gasteiger partial charge on any atom is 0.276 e. The van der Waals surface area contributed by atoms with Gasteiger partial charge < -0.3 is 5.32 Å². The zero-order chi connectivity index (χ0) is 21.7. The Morgan fingerprint density at radius 1 is 0.967 bits per heavy atom. The first-order valence-corrected chi connectivity index (χ1v) is 11.4. The first-order chi connectivity index (χ1) is 14.2.